The summed E-state index contributed by atoms with van der Waals surface area (Å²) in [6.07, 6.45) is 2.04. The first-order valence-electron chi connectivity index (χ1n) is 5.26. The second-order valence-corrected chi connectivity index (χ2v) is 3.02. The van der Waals surface area contributed by atoms with E-state index in [9.17, 15) is 4.79 Å². The van der Waals surface area contributed by atoms with Crippen molar-refractivity contribution in [2.75, 3.05) is 19.8 Å². The van der Waals surface area contributed by atoms with Gasteiger partial charge in [0.15, 0.2) is 6.61 Å². The molecule has 1 amide bonds. The van der Waals surface area contributed by atoms with Gasteiger partial charge in [0, 0.05) is 13.5 Å². The third-order valence-electron chi connectivity index (χ3n) is 1.59. The summed E-state index contributed by atoms with van der Waals surface area (Å²) in [4.78, 5) is 15.9. The zero-order valence-electron chi connectivity index (χ0n) is 9.71. The smallest absolute Gasteiger partial charge is 0.260 e. The number of nitrogens with one attached hydrogen (secondary N) is 1. The van der Waals surface area contributed by atoms with Gasteiger partial charge in [0.1, 0.15) is 0 Å². The van der Waals surface area contributed by atoms with Crippen LogP contribution in [0.25, 0.3) is 0 Å². The largest absolute Gasteiger partial charge is 0.479 e. The third kappa shape index (κ3) is 9.05. The first-order valence-corrected chi connectivity index (χ1v) is 5.26. The molecule has 0 aromatic carbocycles. The second-order valence-electron chi connectivity index (χ2n) is 3.02. The van der Waals surface area contributed by atoms with E-state index in [0.717, 1.165) is 12.8 Å². The molecule has 0 aromatic rings. The molecule has 5 heteroatoms. The van der Waals surface area contributed by atoms with E-state index in [1.165, 1.54) is 0 Å². The number of nitrogens with zero attached hydrogens (tertiary/aromatic N) is 1. The maximum atomic E-state index is 11.1. The zero-order valence-corrected chi connectivity index (χ0v) is 9.71. The van der Waals surface area contributed by atoms with Crippen LogP contribution in [0, 0.1) is 0 Å². The Kier molecular flexibility index (Phi) is 8.52. The van der Waals surface area contributed by atoms with Crippen molar-refractivity contribution in [2.45, 2.75) is 33.6 Å². The summed E-state index contributed by atoms with van der Waals surface area (Å²) in [6.45, 7) is 6.77. The average molecular weight is 216 g/mol. The molecule has 0 saturated carbocycles. The van der Waals surface area contributed by atoms with E-state index in [4.69, 9.17) is 9.57 Å². The number of rotatable bonds is 7. The number of hydrogen-bond donors (Lipinski definition) is 1. The topological polar surface area (TPSA) is 59.9 Å². The van der Waals surface area contributed by atoms with Gasteiger partial charge in [-0.15, -0.1) is 0 Å². The Morgan fingerprint density at radius 3 is 2.73 bits per heavy atom. The van der Waals surface area contributed by atoms with E-state index in [1.807, 2.05) is 6.92 Å². The highest BCUT2D eigenvalue weighted by molar-refractivity contribution is 5.77. The van der Waals surface area contributed by atoms with Gasteiger partial charge in [-0.05, 0) is 13.3 Å². The Labute approximate surface area is 90.8 Å². The van der Waals surface area contributed by atoms with Crippen LogP contribution in [0.15, 0.2) is 5.16 Å². The molecule has 0 spiro atoms. The Bertz CT molecular complexity index is 205. The lowest BCUT2D eigenvalue weighted by molar-refractivity contribution is -0.125. The van der Waals surface area contributed by atoms with E-state index in [0.29, 0.717) is 19.0 Å². The van der Waals surface area contributed by atoms with Crippen LogP contribution in [-0.4, -0.2) is 31.6 Å². The number of ether oxygens (including phenoxy) is 1. The quantitative estimate of drug-likeness (QED) is 0.302. The van der Waals surface area contributed by atoms with E-state index in [1.54, 1.807) is 6.92 Å². The van der Waals surface area contributed by atoms with Gasteiger partial charge in [0.25, 0.3) is 5.91 Å². The van der Waals surface area contributed by atoms with Crippen LogP contribution in [-0.2, 0) is 14.4 Å². The average Bonchev–Trinajstić information content (AvgIpc) is 2.18. The van der Waals surface area contributed by atoms with Crippen LogP contribution < -0.4 is 5.32 Å². The zero-order chi connectivity index (χ0) is 11.5. The van der Waals surface area contributed by atoms with Crippen molar-refractivity contribution in [1.82, 2.24) is 5.32 Å². The maximum absolute atomic E-state index is 11.1. The summed E-state index contributed by atoms with van der Waals surface area (Å²) >= 11 is 0. The minimum Gasteiger partial charge on any atom is -0.479 e. The van der Waals surface area contributed by atoms with Crippen molar-refractivity contribution in [3.05, 3.63) is 0 Å². The van der Waals surface area contributed by atoms with Gasteiger partial charge in [-0.3, -0.25) is 4.79 Å². The summed E-state index contributed by atoms with van der Waals surface area (Å²) in [6, 6.07) is 0. The van der Waals surface area contributed by atoms with E-state index < -0.39 is 0 Å². The summed E-state index contributed by atoms with van der Waals surface area (Å²) in [5.74, 6) is 0.273. The molecule has 0 aliphatic rings. The molecular weight excluding hydrogens is 196 g/mol. The molecule has 15 heavy (non-hydrogen) atoms. The van der Waals surface area contributed by atoms with Crippen molar-refractivity contribution in [3.63, 3.8) is 0 Å². The van der Waals surface area contributed by atoms with Gasteiger partial charge in [-0.1, -0.05) is 18.5 Å². The molecule has 5 nitrogen and oxygen atoms in total. The monoisotopic (exact) mass is 216 g/mol. The molecular formula is C10H20N2O3. The molecule has 0 atom stereocenters. The SMILES string of the molecule is CCCCNC(=O)CO/N=C(\C)OCC. The Hall–Kier alpha value is -1.26. The molecule has 0 unspecified atom stereocenters. The maximum Gasteiger partial charge on any atom is 0.260 e. The molecule has 0 aliphatic heterocycles. The van der Waals surface area contributed by atoms with Crippen LogP contribution in [0.3, 0.4) is 0 Å². The van der Waals surface area contributed by atoms with Gasteiger partial charge in [0.2, 0.25) is 5.90 Å². The Morgan fingerprint density at radius 1 is 1.40 bits per heavy atom. The van der Waals surface area contributed by atoms with Crippen molar-refractivity contribution in [1.29, 1.82) is 0 Å². The van der Waals surface area contributed by atoms with E-state index in [-0.39, 0.29) is 12.5 Å². The van der Waals surface area contributed by atoms with Gasteiger partial charge in [-0.25, -0.2) is 0 Å². The highest BCUT2D eigenvalue weighted by Gasteiger charge is 1.99. The van der Waals surface area contributed by atoms with Crippen LogP contribution >= 0.6 is 0 Å². The molecule has 0 radical (unpaired) electrons. The lowest BCUT2D eigenvalue weighted by Gasteiger charge is -2.04. The number of unbranched alkanes of at least 4 members (excludes halogenated alkanes) is 1. The summed E-state index contributed by atoms with van der Waals surface area (Å²) < 4.78 is 5.02. The molecule has 0 heterocycles. The van der Waals surface area contributed by atoms with Crippen LogP contribution in [0.2, 0.25) is 0 Å². The highest BCUT2D eigenvalue weighted by atomic mass is 16.6. The van der Waals surface area contributed by atoms with Crippen molar-refractivity contribution >= 4 is 11.8 Å². The Balaban J connectivity index is 3.49. The van der Waals surface area contributed by atoms with Gasteiger partial charge >= 0.3 is 0 Å². The molecule has 0 saturated heterocycles. The van der Waals surface area contributed by atoms with Crippen LogP contribution in [0.5, 0.6) is 0 Å². The summed E-state index contributed by atoms with van der Waals surface area (Å²) in [7, 11) is 0. The standard InChI is InChI=1S/C10H20N2O3/c1-4-6-7-11-10(13)8-15-12-9(3)14-5-2/h4-8H2,1-3H3,(H,11,13)/b12-9+. The lowest BCUT2D eigenvalue weighted by Crippen LogP contribution is -2.27. The van der Waals surface area contributed by atoms with Crippen LogP contribution in [0.4, 0.5) is 0 Å². The molecule has 1 N–H and O–H groups in total. The van der Waals surface area contributed by atoms with Gasteiger partial charge in [-0.2, -0.15) is 0 Å². The minimum atomic E-state index is -0.156. The molecule has 0 bridgehead atoms. The highest BCUT2D eigenvalue weighted by Crippen LogP contribution is 1.85. The molecule has 88 valence electrons. The number of carbonyl (C=O) groups excluding carboxylic acids is 1. The van der Waals surface area contributed by atoms with E-state index in [2.05, 4.69) is 17.4 Å². The normalized spacial score (nSPS) is 11.0. The second kappa shape index (κ2) is 9.30. The number of carbonyl (C=O) groups is 1. The predicted molar refractivity (Wildman–Crippen MR) is 58.6 cm³/mol. The molecule has 0 fully saturated rings. The lowest BCUT2D eigenvalue weighted by atomic mass is 10.3. The molecule has 0 rings (SSSR count). The first-order chi connectivity index (χ1) is 7.20. The Morgan fingerprint density at radius 2 is 2.13 bits per heavy atom. The van der Waals surface area contributed by atoms with Crippen molar-refractivity contribution in [2.24, 2.45) is 5.16 Å². The van der Waals surface area contributed by atoms with Crippen molar-refractivity contribution < 1.29 is 14.4 Å². The predicted octanol–water partition coefficient (Wildman–Crippen LogP) is 1.29. The number of amides is 1. The van der Waals surface area contributed by atoms with Gasteiger partial charge in [0.05, 0.1) is 6.61 Å². The fourth-order valence-electron chi connectivity index (χ4n) is 0.873. The van der Waals surface area contributed by atoms with Crippen LogP contribution in [0.1, 0.15) is 33.6 Å². The molecule has 0 aliphatic carbocycles. The fraction of sp³-hybridized carbons (Fsp3) is 0.800. The third-order valence-corrected chi connectivity index (χ3v) is 1.59. The van der Waals surface area contributed by atoms with E-state index >= 15 is 0 Å². The fourth-order valence-corrected chi connectivity index (χ4v) is 0.873. The number of oxime groups is 1. The van der Waals surface area contributed by atoms with Crippen molar-refractivity contribution in [3.8, 4) is 0 Å². The number of hydrogen-bond acceptors (Lipinski definition) is 4. The first kappa shape index (κ1) is 13.7. The summed E-state index contributed by atoms with van der Waals surface area (Å²) in [5, 5.41) is 6.33. The molecule has 0 aromatic heterocycles. The summed E-state index contributed by atoms with van der Waals surface area (Å²) in [5.41, 5.74) is 0. The minimum absolute atomic E-state index is 0.0614. The van der Waals surface area contributed by atoms with Gasteiger partial charge < -0.3 is 14.9 Å².